The normalized spacial score (nSPS) is 11.9. The van der Waals surface area contributed by atoms with E-state index in [1.165, 1.54) is 0 Å². The highest BCUT2D eigenvalue weighted by Crippen LogP contribution is 2.28. The topological polar surface area (TPSA) is 50.9 Å². The van der Waals surface area contributed by atoms with Gasteiger partial charge in [0.2, 0.25) is 5.62 Å². The first kappa shape index (κ1) is 16.5. The minimum absolute atomic E-state index is 0.175. The summed E-state index contributed by atoms with van der Waals surface area (Å²) in [5, 5.41) is 8.14. The van der Waals surface area contributed by atoms with Crippen molar-refractivity contribution >= 4 is 15.9 Å². The van der Waals surface area contributed by atoms with Crippen molar-refractivity contribution in [2.24, 2.45) is 0 Å². The average Bonchev–Trinajstić information content (AvgIpc) is 2.62. The number of aromatic nitrogens is 2. The van der Waals surface area contributed by atoms with E-state index in [1.54, 1.807) is 10.8 Å². The van der Waals surface area contributed by atoms with E-state index in [9.17, 15) is 0 Å². The summed E-state index contributed by atoms with van der Waals surface area (Å²) in [4.78, 5) is 4.23. The van der Waals surface area contributed by atoms with Gasteiger partial charge in [-0.15, -0.1) is 0 Å². The fourth-order valence-corrected chi connectivity index (χ4v) is 2.84. The molecule has 4 nitrogen and oxygen atoms in total. The van der Waals surface area contributed by atoms with Crippen LogP contribution in [0.2, 0.25) is 0 Å². The molecule has 3 rings (SSSR count). The first-order valence-electron chi connectivity index (χ1n) is 7.78. The van der Waals surface area contributed by atoms with E-state index in [2.05, 4.69) is 20.9 Å². The molecular weight excluding hydrogens is 366 g/mol. The third-order valence-corrected chi connectivity index (χ3v) is 4.37. The van der Waals surface area contributed by atoms with Crippen LogP contribution in [0.4, 0.5) is 0 Å². The molecule has 1 atom stereocenters. The van der Waals surface area contributed by atoms with Gasteiger partial charge in [-0.25, -0.2) is 4.98 Å². The minimum Gasteiger partial charge on any atom is -0.469 e. The Hall–Kier alpha value is -2.40. The quantitative estimate of drug-likeness (QED) is 0.688. The number of nitrogens with one attached hydrogen (secondary N) is 1. The molecule has 0 spiro atoms. The molecule has 1 heterocycles. The lowest BCUT2D eigenvalue weighted by Crippen LogP contribution is -2.29. The third kappa shape index (κ3) is 3.57. The number of rotatable bonds is 5. The van der Waals surface area contributed by atoms with Crippen molar-refractivity contribution in [2.45, 2.75) is 19.6 Å². The van der Waals surface area contributed by atoms with Crippen molar-refractivity contribution in [1.82, 2.24) is 9.55 Å². The van der Waals surface area contributed by atoms with Crippen LogP contribution in [0, 0.1) is 5.41 Å². The van der Waals surface area contributed by atoms with Crippen LogP contribution in [-0.4, -0.2) is 9.55 Å². The summed E-state index contributed by atoms with van der Waals surface area (Å²) in [6.45, 7) is 2.03. The molecule has 1 N–H and O–H groups in total. The molecule has 0 amide bonds. The van der Waals surface area contributed by atoms with Crippen LogP contribution in [0.3, 0.4) is 0 Å². The smallest absolute Gasteiger partial charge is 0.224 e. The van der Waals surface area contributed by atoms with Gasteiger partial charge in [-0.3, -0.25) is 9.98 Å². The molecule has 24 heavy (non-hydrogen) atoms. The van der Waals surface area contributed by atoms with Crippen molar-refractivity contribution in [3.05, 3.63) is 77.1 Å². The molecule has 0 aliphatic carbocycles. The lowest BCUT2D eigenvalue weighted by Gasteiger charge is -2.21. The number of hydrogen-bond acceptors (Lipinski definition) is 3. The summed E-state index contributed by atoms with van der Waals surface area (Å²) in [5.41, 5.74) is 2.20. The van der Waals surface area contributed by atoms with Gasteiger partial charge in [0.15, 0.2) is 6.23 Å². The lowest BCUT2D eigenvalue weighted by atomic mass is 10.1. The summed E-state index contributed by atoms with van der Waals surface area (Å²) in [6.07, 6.45) is 4.07. The van der Waals surface area contributed by atoms with Crippen molar-refractivity contribution in [1.29, 1.82) is 5.41 Å². The van der Waals surface area contributed by atoms with Crippen LogP contribution >= 0.6 is 15.9 Å². The lowest BCUT2D eigenvalue weighted by molar-refractivity contribution is 0.119. The van der Waals surface area contributed by atoms with Gasteiger partial charge in [0.1, 0.15) is 5.75 Å². The maximum atomic E-state index is 8.14. The molecule has 0 radical (unpaired) electrons. The highest BCUT2D eigenvalue weighted by Gasteiger charge is 2.14. The Balaban J connectivity index is 1.97. The molecule has 5 heteroatoms. The van der Waals surface area contributed by atoms with E-state index < -0.39 is 0 Å². The molecular formula is C19H18BrN3O. The Morgan fingerprint density at radius 1 is 1.08 bits per heavy atom. The fraction of sp³-hybridized carbons (Fsp3) is 0.158. The predicted molar refractivity (Wildman–Crippen MR) is 97.6 cm³/mol. The molecule has 0 aliphatic rings. The summed E-state index contributed by atoms with van der Waals surface area (Å²) < 4.78 is 8.77. The number of hydrogen-bond donors (Lipinski definition) is 1. The van der Waals surface area contributed by atoms with Gasteiger partial charge in [-0.2, -0.15) is 0 Å². The van der Waals surface area contributed by atoms with Gasteiger partial charge in [0.05, 0.1) is 4.47 Å². The zero-order valence-corrected chi connectivity index (χ0v) is 14.9. The molecule has 0 aliphatic heterocycles. The maximum Gasteiger partial charge on any atom is 0.224 e. The van der Waals surface area contributed by atoms with Crippen molar-refractivity contribution in [3.63, 3.8) is 0 Å². The van der Waals surface area contributed by atoms with Crippen molar-refractivity contribution < 1.29 is 4.74 Å². The fourth-order valence-electron chi connectivity index (χ4n) is 2.46. The van der Waals surface area contributed by atoms with Crippen LogP contribution in [0.15, 0.2) is 71.5 Å². The van der Waals surface area contributed by atoms with E-state index in [0.717, 1.165) is 27.8 Å². The van der Waals surface area contributed by atoms with Gasteiger partial charge < -0.3 is 4.74 Å². The van der Waals surface area contributed by atoms with Gasteiger partial charge in [-0.05, 0) is 33.6 Å². The second-order valence-corrected chi connectivity index (χ2v) is 6.21. The van der Waals surface area contributed by atoms with Gasteiger partial charge in [0.25, 0.3) is 0 Å². The first-order valence-corrected chi connectivity index (χ1v) is 8.57. The van der Waals surface area contributed by atoms with Gasteiger partial charge >= 0.3 is 0 Å². The molecule has 2 aromatic carbocycles. The molecule has 0 saturated heterocycles. The third-order valence-electron chi connectivity index (χ3n) is 3.71. The minimum atomic E-state index is -0.299. The second-order valence-electron chi connectivity index (χ2n) is 5.35. The van der Waals surface area contributed by atoms with Crippen LogP contribution in [0.25, 0.3) is 11.1 Å². The Labute approximate surface area is 149 Å². The van der Waals surface area contributed by atoms with Crippen molar-refractivity contribution in [3.8, 4) is 16.9 Å². The molecule has 1 aromatic heterocycles. The summed E-state index contributed by atoms with van der Waals surface area (Å²) >= 11 is 3.50. The van der Waals surface area contributed by atoms with Crippen LogP contribution in [-0.2, 0) is 0 Å². The first-order chi connectivity index (χ1) is 11.7. The Morgan fingerprint density at radius 3 is 2.50 bits per heavy atom. The predicted octanol–water partition coefficient (Wildman–Crippen LogP) is 4.78. The SMILES string of the molecule is CCC(Oc1ccccc1Br)n1cc(-c2ccccc2)cnc1=N. The average molecular weight is 384 g/mol. The van der Waals surface area contributed by atoms with Crippen LogP contribution in [0.1, 0.15) is 19.6 Å². The van der Waals surface area contributed by atoms with E-state index in [-0.39, 0.29) is 11.8 Å². The summed E-state index contributed by atoms with van der Waals surface area (Å²) in [5.74, 6) is 0.751. The highest BCUT2D eigenvalue weighted by molar-refractivity contribution is 9.10. The van der Waals surface area contributed by atoms with Gasteiger partial charge in [-0.1, -0.05) is 49.4 Å². The molecule has 3 aromatic rings. The number of ether oxygens (including phenoxy) is 1. The molecule has 0 bridgehead atoms. The monoisotopic (exact) mass is 383 g/mol. The second kappa shape index (κ2) is 7.45. The Morgan fingerprint density at radius 2 is 1.79 bits per heavy atom. The van der Waals surface area contributed by atoms with E-state index in [4.69, 9.17) is 10.1 Å². The highest BCUT2D eigenvalue weighted by atomic mass is 79.9. The van der Waals surface area contributed by atoms with Crippen LogP contribution in [0.5, 0.6) is 5.75 Å². The van der Waals surface area contributed by atoms with E-state index >= 15 is 0 Å². The molecule has 122 valence electrons. The molecule has 1 unspecified atom stereocenters. The summed E-state index contributed by atoms with van der Waals surface area (Å²) in [6, 6.07) is 17.7. The van der Waals surface area contributed by atoms with E-state index in [0.29, 0.717) is 0 Å². The Kier molecular flexibility index (Phi) is 5.11. The number of para-hydroxylation sites is 1. The standard InChI is InChI=1S/C19H18BrN3O/c1-2-18(24-17-11-7-6-10-16(17)20)23-13-15(12-22-19(23)21)14-8-4-3-5-9-14/h3-13,18,21H,2H2,1H3. The number of halogens is 1. The van der Waals surface area contributed by atoms with Crippen LogP contribution < -0.4 is 10.4 Å². The summed E-state index contributed by atoms with van der Waals surface area (Å²) in [7, 11) is 0. The number of benzene rings is 2. The largest absolute Gasteiger partial charge is 0.469 e. The molecule has 0 saturated carbocycles. The zero-order chi connectivity index (χ0) is 16.9. The number of nitrogens with zero attached hydrogens (tertiary/aromatic N) is 2. The van der Waals surface area contributed by atoms with Gasteiger partial charge in [0, 0.05) is 24.4 Å². The molecule has 0 fully saturated rings. The van der Waals surface area contributed by atoms with Crippen molar-refractivity contribution in [2.75, 3.05) is 0 Å². The van der Waals surface area contributed by atoms with E-state index in [1.807, 2.05) is 67.7 Å². The Bertz CT molecular complexity index is 877. The maximum absolute atomic E-state index is 8.14. The zero-order valence-electron chi connectivity index (χ0n) is 13.3.